The van der Waals surface area contributed by atoms with E-state index < -0.39 is 29.4 Å². The van der Waals surface area contributed by atoms with Crippen LogP contribution in [0.25, 0.3) is 34.5 Å². The summed E-state index contributed by atoms with van der Waals surface area (Å²) in [7, 11) is 0. The van der Waals surface area contributed by atoms with Gasteiger partial charge in [0.05, 0.1) is 16.7 Å². The number of carbonyl (C=O) groups excluding carboxylic acids is 1. The third kappa shape index (κ3) is 5.80. The molecule has 0 bridgehead atoms. The number of hydrogen-bond acceptors (Lipinski definition) is 4. The average Bonchev–Trinajstić information content (AvgIpc) is 3.26. The van der Waals surface area contributed by atoms with E-state index in [-0.39, 0.29) is 39.1 Å². The number of aromatic nitrogens is 4. The van der Waals surface area contributed by atoms with Gasteiger partial charge in [-0.1, -0.05) is 35.9 Å². The normalized spacial score (nSPS) is 12.6. The molecular formula is C24H14ClF6N5O. The van der Waals surface area contributed by atoms with E-state index in [1.807, 2.05) is 0 Å². The molecular weight excluding hydrogens is 524 g/mol. The fourth-order valence-corrected chi connectivity index (χ4v) is 3.40. The van der Waals surface area contributed by atoms with Gasteiger partial charge in [0.1, 0.15) is 5.15 Å². The summed E-state index contributed by atoms with van der Waals surface area (Å²) in [6.45, 7) is 0. The zero-order valence-corrected chi connectivity index (χ0v) is 19.1. The standard InChI is InChI=1S/C24H14ClF6N5O/c25-19-10-5-15(11-33-19)18(20(32)37)12-36-22(14-3-8-17(9-4-14)24(29,30)31)34-21(35-36)13-1-6-16(7-2-13)23(26,27)28/h1-12H,(H2,32,37)/b18-12+. The van der Waals surface area contributed by atoms with Crippen LogP contribution in [0.15, 0.2) is 66.9 Å². The summed E-state index contributed by atoms with van der Waals surface area (Å²) in [5.74, 6) is -0.920. The first-order chi connectivity index (χ1) is 17.3. The Balaban J connectivity index is 1.86. The molecule has 13 heteroatoms. The summed E-state index contributed by atoms with van der Waals surface area (Å²) < 4.78 is 79.1. The molecule has 0 aliphatic heterocycles. The number of hydrogen-bond donors (Lipinski definition) is 1. The fraction of sp³-hybridized carbons (Fsp3) is 0.0833. The van der Waals surface area contributed by atoms with Crippen LogP contribution in [0.4, 0.5) is 26.3 Å². The highest BCUT2D eigenvalue weighted by atomic mass is 35.5. The minimum absolute atomic E-state index is 0.00398. The van der Waals surface area contributed by atoms with Gasteiger partial charge >= 0.3 is 12.4 Å². The topological polar surface area (TPSA) is 86.7 Å². The molecule has 1 amide bonds. The van der Waals surface area contributed by atoms with Crippen molar-refractivity contribution < 1.29 is 31.1 Å². The molecule has 0 radical (unpaired) electrons. The molecule has 37 heavy (non-hydrogen) atoms. The summed E-state index contributed by atoms with van der Waals surface area (Å²) in [6, 6.07) is 10.9. The molecule has 0 unspecified atom stereocenters. The highest BCUT2D eigenvalue weighted by Crippen LogP contribution is 2.33. The van der Waals surface area contributed by atoms with E-state index >= 15 is 0 Å². The van der Waals surface area contributed by atoms with Gasteiger partial charge in [-0.2, -0.15) is 26.3 Å². The maximum Gasteiger partial charge on any atom is 0.416 e. The van der Waals surface area contributed by atoms with Crippen LogP contribution in [0.5, 0.6) is 0 Å². The lowest BCUT2D eigenvalue weighted by atomic mass is 10.1. The van der Waals surface area contributed by atoms with E-state index in [9.17, 15) is 31.1 Å². The number of primary amides is 1. The van der Waals surface area contributed by atoms with Crippen LogP contribution in [0.3, 0.4) is 0 Å². The molecule has 0 aliphatic rings. The first-order valence-electron chi connectivity index (χ1n) is 10.3. The number of nitrogens with zero attached hydrogens (tertiary/aromatic N) is 4. The second kappa shape index (κ2) is 9.69. The molecule has 0 fully saturated rings. The Bertz CT molecular complexity index is 1460. The molecule has 4 rings (SSSR count). The molecule has 0 spiro atoms. The Morgan fingerprint density at radius 1 is 0.838 bits per heavy atom. The minimum atomic E-state index is -4.57. The van der Waals surface area contributed by atoms with E-state index in [0.717, 1.165) is 53.2 Å². The predicted molar refractivity (Wildman–Crippen MR) is 124 cm³/mol. The van der Waals surface area contributed by atoms with Crippen molar-refractivity contribution in [3.63, 3.8) is 0 Å². The molecule has 190 valence electrons. The zero-order valence-electron chi connectivity index (χ0n) is 18.3. The van der Waals surface area contributed by atoms with Crippen molar-refractivity contribution in [3.8, 4) is 22.8 Å². The lowest BCUT2D eigenvalue weighted by molar-refractivity contribution is -0.138. The van der Waals surface area contributed by atoms with Gasteiger partial charge < -0.3 is 5.73 Å². The van der Waals surface area contributed by atoms with Crippen molar-refractivity contribution in [1.82, 2.24) is 19.7 Å². The van der Waals surface area contributed by atoms with Gasteiger partial charge in [0, 0.05) is 29.1 Å². The zero-order chi connectivity index (χ0) is 27.0. The number of amides is 1. The van der Waals surface area contributed by atoms with Gasteiger partial charge in [0.25, 0.3) is 5.91 Å². The van der Waals surface area contributed by atoms with Crippen LogP contribution in [0.1, 0.15) is 16.7 Å². The van der Waals surface area contributed by atoms with Gasteiger partial charge in [-0.25, -0.2) is 14.6 Å². The second-order valence-corrected chi connectivity index (χ2v) is 8.02. The van der Waals surface area contributed by atoms with Crippen LogP contribution < -0.4 is 5.73 Å². The van der Waals surface area contributed by atoms with Crippen LogP contribution in [0.2, 0.25) is 5.15 Å². The van der Waals surface area contributed by atoms with Crippen molar-refractivity contribution in [2.45, 2.75) is 12.4 Å². The maximum absolute atomic E-state index is 13.0. The highest BCUT2D eigenvalue weighted by molar-refractivity contribution is 6.29. The Labute approximate surface area is 210 Å². The third-order valence-electron chi connectivity index (χ3n) is 5.13. The highest BCUT2D eigenvalue weighted by Gasteiger charge is 2.31. The Hall–Kier alpha value is -4.19. The van der Waals surface area contributed by atoms with Gasteiger partial charge in [-0.3, -0.25) is 4.79 Å². The summed E-state index contributed by atoms with van der Waals surface area (Å²) >= 11 is 5.79. The Morgan fingerprint density at radius 2 is 1.38 bits per heavy atom. The van der Waals surface area contributed by atoms with Gasteiger partial charge in [-0.05, 0) is 36.4 Å². The number of benzene rings is 2. The van der Waals surface area contributed by atoms with Crippen molar-refractivity contribution in [2.24, 2.45) is 5.73 Å². The van der Waals surface area contributed by atoms with E-state index in [4.69, 9.17) is 17.3 Å². The minimum Gasteiger partial charge on any atom is -0.366 e. The number of nitrogens with two attached hydrogens (primary N) is 1. The van der Waals surface area contributed by atoms with E-state index in [0.29, 0.717) is 0 Å². The number of halogens is 7. The lowest BCUT2D eigenvalue weighted by Crippen LogP contribution is -2.14. The fourth-order valence-electron chi connectivity index (χ4n) is 3.29. The van der Waals surface area contributed by atoms with E-state index in [2.05, 4.69) is 15.1 Å². The van der Waals surface area contributed by atoms with Gasteiger partial charge in [0.15, 0.2) is 11.6 Å². The van der Waals surface area contributed by atoms with Crippen molar-refractivity contribution in [2.75, 3.05) is 0 Å². The number of pyridine rings is 1. The summed E-state index contributed by atoms with van der Waals surface area (Å²) in [5, 5.41) is 4.41. The largest absolute Gasteiger partial charge is 0.416 e. The molecule has 0 saturated carbocycles. The molecule has 6 nitrogen and oxygen atoms in total. The molecule has 0 aliphatic carbocycles. The van der Waals surface area contributed by atoms with Crippen LogP contribution in [0, 0.1) is 0 Å². The van der Waals surface area contributed by atoms with Gasteiger partial charge in [-0.15, -0.1) is 5.10 Å². The molecule has 2 aromatic heterocycles. The summed E-state index contributed by atoms with van der Waals surface area (Å²) in [6.07, 6.45) is -6.65. The second-order valence-electron chi connectivity index (χ2n) is 7.63. The van der Waals surface area contributed by atoms with Crippen molar-refractivity contribution >= 4 is 29.3 Å². The SMILES string of the molecule is NC(=O)/C(=C/n1nc(-c2ccc(C(F)(F)F)cc2)nc1-c1ccc(C(F)(F)F)cc1)c1ccc(Cl)nc1. The molecule has 0 atom stereocenters. The lowest BCUT2D eigenvalue weighted by Gasteiger charge is -2.08. The van der Waals surface area contributed by atoms with Crippen molar-refractivity contribution in [3.05, 3.63) is 88.7 Å². The van der Waals surface area contributed by atoms with Crippen LogP contribution in [-0.4, -0.2) is 25.7 Å². The van der Waals surface area contributed by atoms with E-state index in [1.54, 1.807) is 0 Å². The predicted octanol–water partition coefficient (Wildman–Crippen LogP) is 6.18. The van der Waals surface area contributed by atoms with Crippen LogP contribution >= 0.6 is 11.6 Å². The Morgan fingerprint density at radius 3 is 1.84 bits per heavy atom. The molecule has 2 heterocycles. The number of rotatable bonds is 5. The Kier molecular flexibility index (Phi) is 6.78. The summed E-state index contributed by atoms with van der Waals surface area (Å²) in [5.41, 5.74) is 4.31. The molecule has 2 N–H and O–H groups in total. The third-order valence-corrected chi connectivity index (χ3v) is 5.35. The smallest absolute Gasteiger partial charge is 0.366 e. The number of alkyl halides is 6. The molecule has 0 saturated heterocycles. The first-order valence-corrected chi connectivity index (χ1v) is 10.7. The average molecular weight is 538 g/mol. The van der Waals surface area contributed by atoms with Crippen LogP contribution in [-0.2, 0) is 17.1 Å². The molecule has 4 aromatic rings. The maximum atomic E-state index is 13.0. The van der Waals surface area contributed by atoms with E-state index in [1.165, 1.54) is 24.5 Å². The summed E-state index contributed by atoms with van der Waals surface area (Å²) in [4.78, 5) is 20.4. The number of carbonyl (C=O) groups is 1. The van der Waals surface area contributed by atoms with Gasteiger partial charge in [0.2, 0.25) is 0 Å². The molecule has 2 aromatic carbocycles. The monoisotopic (exact) mass is 537 g/mol. The first kappa shape index (κ1) is 25.9. The van der Waals surface area contributed by atoms with Crippen molar-refractivity contribution in [1.29, 1.82) is 0 Å². The quantitative estimate of drug-likeness (QED) is 0.187.